The zero-order valence-electron chi connectivity index (χ0n) is 9.32. The minimum absolute atomic E-state index is 0.105. The zero-order chi connectivity index (χ0) is 13.2. The van der Waals surface area contributed by atoms with Crippen molar-refractivity contribution < 1.29 is 17.6 Å². The van der Waals surface area contributed by atoms with Crippen LogP contribution in [0.3, 0.4) is 0 Å². The van der Waals surface area contributed by atoms with Gasteiger partial charge in [-0.1, -0.05) is 5.10 Å². The zero-order valence-corrected chi connectivity index (χ0v) is 10.1. The van der Waals surface area contributed by atoms with E-state index < -0.39 is 15.1 Å². The average Bonchev–Trinajstić information content (AvgIpc) is 2.79. The Morgan fingerprint density at radius 2 is 1.89 bits per heavy atom. The van der Waals surface area contributed by atoms with E-state index in [0.717, 1.165) is 6.26 Å². The van der Waals surface area contributed by atoms with Gasteiger partial charge in [-0.3, -0.25) is 4.79 Å². The van der Waals surface area contributed by atoms with E-state index in [9.17, 15) is 13.2 Å². The lowest BCUT2D eigenvalue weighted by molar-refractivity contribution is -0.105. The van der Waals surface area contributed by atoms with Gasteiger partial charge < -0.3 is 9.73 Å². The molecule has 0 aliphatic carbocycles. The van der Waals surface area contributed by atoms with E-state index in [-0.39, 0.29) is 5.89 Å². The Hall–Kier alpha value is -2.22. The van der Waals surface area contributed by atoms with Crippen molar-refractivity contribution in [2.45, 2.75) is 5.22 Å². The van der Waals surface area contributed by atoms with Crippen molar-refractivity contribution in [2.24, 2.45) is 0 Å². The maximum Gasteiger partial charge on any atom is 0.335 e. The van der Waals surface area contributed by atoms with E-state index in [4.69, 9.17) is 4.42 Å². The SMILES string of the molecule is CS(=O)(=O)c1nnc(-c2ccc(NC=O)cc2)o1. The Morgan fingerprint density at radius 3 is 2.39 bits per heavy atom. The van der Waals surface area contributed by atoms with E-state index in [0.29, 0.717) is 17.7 Å². The maximum absolute atomic E-state index is 11.2. The van der Waals surface area contributed by atoms with Crippen molar-refractivity contribution in [3.05, 3.63) is 24.3 Å². The minimum Gasteiger partial charge on any atom is -0.408 e. The Labute approximate surface area is 103 Å². The van der Waals surface area contributed by atoms with Gasteiger partial charge >= 0.3 is 5.22 Å². The normalized spacial score (nSPS) is 11.2. The van der Waals surface area contributed by atoms with Crippen molar-refractivity contribution in [1.82, 2.24) is 10.2 Å². The summed E-state index contributed by atoms with van der Waals surface area (Å²) in [6, 6.07) is 6.53. The molecule has 1 amide bonds. The fourth-order valence-corrected chi connectivity index (χ4v) is 1.67. The predicted molar refractivity (Wildman–Crippen MR) is 62.5 cm³/mol. The highest BCUT2D eigenvalue weighted by molar-refractivity contribution is 7.90. The third-order valence-corrected chi connectivity index (χ3v) is 2.88. The predicted octanol–water partition coefficient (Wildman–Crippen LogP) is 0.708. The molecule has 8 heteroatoms. The summed E-state index contributed by atoms with van der Waals surface area (Å²) in [6.45, 7) is 0. The topological polar surface area (TPSA) is 102 Å². The summed E-state index contributed by atoms with van der Waals surface area (Å²) in [4.78, 5) is 10.2. The van der Waals surface area contributed by atoms with Gasteiger partial charge in [0.1, 0.15) is 0 Å². The van der Waals surface area contributed by atoms with Crippen LogP contribution in [0, 0.1) is 0 Å². The van der Waals surface area contributed by atoms with E-state index in [1.165, 1.54) is 0 Å². The molecule has 0 fully saturated rings. The standard InChI is InChI=1S/C10H9N3O4S/c1-18(15,16)10-13-12-9(17-10)7-2-4-8(5-3-7)11-6-14/h2-6H,1H3,(H,11,14). The number of aromatic nitrogens is 2. The second kappa shape index (κ2) is 4.57. The van der Waals surface area contributed by atoms with Crippen molar-refractivity contribution >= 4 is 21.9 Å². The summed E-state index contributed by atoms with van der Waals surface area (Å²) in [5, 5.41) is 9.14. The van der Waals surface area contributed by atoms with Crippen molar-refractivity contribution in [3.8, 4) is 11.5 Å². The summed E-state index contributed by atoms with van der Waals surface area (Å²) < 4.78 is 27.4. The molecule has 0 aliphatic rings. The summed E-state index contributed by atoms with van der Waals surface area (Å²) in [7, 11) is -3.51. The molecular formula is C10H9N3O4S. The molecule has 1 N–H and O–H groups in total. The second-order valence-corrected chi connectivity index (χ2v) is 5.38. The number of benzene rings is 1. The number of sulfone groups is 1. The lowest BCUT2D eigenvalue weighted by Gasteiger charge is -1.98. The lowest BCUT2D eigenvalue weighted by atomic mass is 10.2. The number of anilines is 1. The molecule has 0 atom stereocenters. The first-order valence-electron chi connectivity index (χ1n) is 4.85. The number of carbonyl (C=O) groups is 1. The van der Waals surface area contributed by atoms with Crippen molar-refractivity contribution in [3.63, 3.8) is 0 Å². The maximum atomic E-state index is 11.2. The van der Waals surface area contributed by atoms with E-state index >= 15 is 0 Å². The van der Waals surface area contributed by atoms with Gasteiger partial charge in [0.15, 0.2) is 0 Å². The van der Waals surface area contributed by atoms with Gasteiger partial charge in [-0.15, -0.1) is 5.10 Å². The third kappa shape index (κ3) is 2.54. The second-order valence-electron chi connectivity index (χ2n) is 3.48. The smallest absolute Gasteiger partial charge is 0.335 e. The van der Waals surface area contributed by atoms with Gasteiger partial charge in [0.25, 0.3) is 0 Å². The summed E-state index contributed by atoms with van der Waals surface area (Å²) in [6.07, 6.45) is 1.55. The van der Waals surface area contributed by atoms with Crippen molar-refractivity contribution in [1.29, 1.82) is 0 Å². The highest BCUT2D eigenvalue weighted by Crippen LogP contribution is 2.21. The molecule has 0 bridgehead atoms. The van der Waals surface area contributed by atoms with Crippen LogP contribution in [0.25, 0.3) is 11.5 Å². The first-order chi connectivity index (χ1) is 8.50. The molecule has 18 heavy (non-hydrogen) atoms. The van der Waals surface area contributed by atoms with Gasteiger partial charge in [0.2, 0.25) is 22.1 Å². The molecule has 1 aromatic heterocycles. The van der Waals surface area contributed by atoms with E-state index in [2.05, 4.69) is 15.5 Å². The Bertz CT molecular complexity index is 661. The summed E-state index contributed by atoms with van der Waals surface area (Å²) >= 11 is 0. The number of nitrogens with one attached hydrogen (secondary N) is 1. The Kier molecular flexibility index (Phi) is 3.11. The molecule has 0 unspecified atom stereocenters. The molecule has 7 nitrogen and oxygen atoms in total. The first-order valence-corrected chi connectivity index (χ1v) is 6.74. The molecule has 0 saturated heterocycles. The summed E-state index contributed by atoms with van der Waals surface area (Å²) in [5.74, 6) is 0.105. The molecule has 2 rings (SSSR count). The Balaban J connectivity index is 2.32. The van der Waals surface area contributed by atoms with Gasteiger partial charge in [0.05, 0.1) is 0 Å². The fourth-order valence-electron chi connectivity index (χ4n) is 1.25. The van der Waals surface area contributed by atoms with Crippen LogP contribution in [0.5, 0.6) is 0 Å². The lowest BCUT2D eigenvalue weighted by Crippen LogP contribution is -1.96. The van der Waals surface area contributed by atoms with Gasteiger partial charge in [-0.25, -0.2) is 8.42 Å². The molecule has 0 saturated carbocycles. The fraction of sp³-hybridized carbons (Fsp3) is 0.100. The quantitative estimate of drug-likeness (QED) is 0.818. The number of rotatable bonds is 4. The summed E-state index contributed by atoms with van der Waals surface area (Å²) in [5.41, 5.74) is 1.17. The van der Waals surface area contributed by atoms with E-state index in [1.807, 2.05) is 0 Å². The number of carbonyl (C=O) groups excluding carboxylic acids is 1. The van der Waals surface area contributed by atoms with Gasteiger partial charge in [-0.2, -0.15) is 0 Å². The molecular weight excluding hydrogens is 258 g/mol. The molecule has 0 aliphatic heterocycles. The molecule has 0 spiro atoms. The number of hydrogen-bond acceptors (Lipinski definition) is 6. The highest BCUT2D eigenvalue weighted by atomic mass is 32.2. The van der Waals surface area contributed by atoms with Crippen LogP contribution >= 0.6 is 0 Å². The van der Waals surface area contributed by atoms with Crippen LogP contribution < -0.4 is 5.32 Å². The van der Waals surface area contributed by atoms with Crippen LogP contribution in [0.4, 0.5) is 5.69 Å². The van der Waals surface area contributed by atoms with Crippen LogP contribution in [0.2, 0.25) is 0 Å². The van der Waals surface area contributed by atoms with Crippen LogP contribution in [-0.4, -0.2) is 31.3 Å². The minimum atomic E-state index is -3.51. The number of nitrogens with zero attached hydrogens (tertiary/aromatic N) is 2. The highest BCUT2D eigenvalue weighted by Gasteiger charge is 2.17. The van der Waals surface area contributed by atoms with Crippen LogP contribution in [0.15, 0.2) is 33.9 Å². The molecule has 1 heterocycles. The van der Waals surface area contributed by atoms with Gasteiger partial charge in [0, 0.05) is 17.5 Å². The molecule has 0 radical (unpaired) electrons. The Morgan fingerprint density at radius 1 is 1.22 bits per heavy atom. The van der Waals surface area contributed by atoms with Gasteiger partial charge in [-0.05, 0) is 24.3 Å². The molecule has 94 valence electrons. The average molecular weight is 267 g/mol. The first kappa shape index (κ1) is 12.2. The van der Waals surface area contributed by atoms with E-state index in [1.54, 1.807) is 24.3 Å². The monoisotopic (exact) mass is 267 g/mol. The number of hydrogen-bond donors (Lipinski definition) is 1. The van der Waals surface area contributed by atoms with Crippen molar-refractivity contribution in [2.75, 3.05) is 11.6 Å². The molecule has 1 aromatic carbocycles. The largest absolute Gasteiger partial charge is 0.408 e. The number of amides is 1. The van der Waals surface area contributed by atoms with Crippen LogP contribution in [-0.2, 0) is 14.6 Å². The van der Waals surface area contributed by atoms with Crippen LogP contribution in [0.1, 0.15) is 0 Å². The molecule has 2 aromatic rings. The third-order valence-electron chi connectivity index (χ3n) is 2.08.